The minimum atomic E-state index is -0.250. The summed E-state index contributed by atoms with van der Waals surface area (Å²) in [6, 6.07) is 7.96. The van der Waals surface area contributed by atoms with Gasteiger partial charge in [0.15, 0.2) is 5.78 Å². The van der Waals surface area contributed by atoms with Crippen LogP contribution in [0.25, 0.3) is 0 Å². The van der Waals surface area contributed by atoms with Gasteiger partial charge in [0.25, 0.3) is 0 Å². The van der Waals surface area contributed by atoms with Gasteiger partial charge in [0, 0.05) is 17.7 Å². The molecule has 6 heteroatoms. The highest BCUT2D eigenvalue weighted by Gasteiger charge is 2.41. The van der Waals surface area contributed by atoms with Crippen molar-refractivity contribution in [1.29, 1.82) is 0 Å². The number of anilines is 1. The van der Waals surface area contributed by atoms with E-state index < -0.39 is 0 Å². The molecule has 1 aliphatic heterocycles. The standard InChI is InChI=1S/C17H19N5O/c1-10-4-6-11(7-5-10)15-14-12(8-17(2,3)9-13(14)23)18-16-19-20-21-22(15)16/h4-7,15H,8-9H2,1-3H3,(H,18,19,21). The monoisotopic (exact) mass is 309 g/mol. The Bertz CT molecular complexity index is 816. The van der Waals surface area contributed by atoms with Gasteiger partial charge in [-0.05, 0) is 34.7 Å². The Kier molecular flexibility index (Phi) is 2.91. The zero-order chi connectivity index (χ0) is 16.2. The van der Waals surface area contributed by atoms with Crippen molar-refractivity contribution in [2.24, 2.45) is 5.41 Å². The van der Waals surface area contributed by atoms with Gasteiger partial charge in [-0.3, -0.25) is 4.79 Å². The van der Waals surface area contributed by atoms with E-state index in [-0.39, 0.29) is 17.2 Å². The number of carbonyl (C=O) groups is 1. The number of hydrogen-bond acceptors (Lipinski definition) is 5. The maximum Gasteiger partial charge on any atom is 0.248 e. The average Bonchev–Trinajstić information content (AvgIpc) is 2.92. The summed E-state index contributed by atoms with van der Waals surface area (Å²) in [6.07, 6.45) is 1.37. The van der Waals surface area contributed by atoms with E-state index in [0.717, 1.165) is 23.3 Å². The van der Waals surface area contributed by atoms with E-state index in [9.17, 15) is 4.79 Å². The highest BCUT2D eigenvalue weighted by atomic mass is 16.1. The summed E-state index contributed by atoms with van der Waals surface area (Å²) in [4.78, 5) is 12.8. The molecule has 1 N–H and O–H groups in total. The number of benzene rings is 1. The van der Waals surface area contributed by atoms with Crippen molar-refractivity contribution in [2.75, 3.05) is 5.32 Å². The lowest BCUT2D eigenvalue weighted by Crippen LogP contribution is -2.36. The van der Waals surface area contributed by atoms with Crippen molar-refractivity contribution >= 4 is 11.7 Å². The Morgan fingerprint density at radius 1 is 1.22 bits per heavy atom. The number of allylic oxidation sites excluding steroid dienone is 2. The van der Waals surface area contributed by atoms with E-state index in [2.05, 4.69) is 59.0 Å². The fourth-order valence-electron chi connectivity index (χ4n) is 3.53. The van der Waals surface area contributed by atoms with Crippen molar-refractivity contribution < 1.29 is 4.79 Å². The highest BCUT2D eigenvalue weighted by Crippen LogP contribution is 2.44. The lowest BCUT2D eigenvalue weighted by Gasteiger charge is -2.37. The first-order chi connectivity index (χ1) is 10.9. The fraction of sp³-hybridized carbons (Fsp3) is 0.412. The van der Waals surface area contributed by atoms with Gasteiger partial charge in [0.2, 0.25) is 5.95 Å². The number of rotatable bonds is 1. The molecule has 0 spiro atoms. The molecule has 2 heterocycles. The minimum Gasteiger partial charge on any atom is -0.326 e. The minimum absolute atomic E-state index is 0.0453. The maximum atomic E-state index is 12.8. The Labute approximate surface area is 134 Å². The molecule has 1 aliphatic carbocycles. The molecule has 1 aromatic carbocycles. The summed E-state index contributed by atoms with van der Waals surface area (Å²) in [7, 11) is 0. The van der Waals surface area contributed by atoms with Crippen LogP contribution in [0.5, 0.6) is 0 Å². The van der Waals surface area contributed by atoms with Crippen LogP contribution in [0.15, 0.2) is 35.5 Å². The number of aryl methyl sites for hydroxylation is 1. The molecule has 6 nitrogen and oxygen atoms in total. The Morgan fingerprint density at radius 3 is 2.70 bits per heavy atom. The van der Waals surface area contributed by atoms with Crippen molar-refractivity contribution in [1.82, 2.24) is 20.2 Å². The highest BCUT2D eigenvalue weighted by molar-refractivity contribution is 6.00. The topological polar surface area (TPSA) is 72.7 Å². The normalized spacial score (nSPS) is 22.4. The van der Waals surface area contributed by atoms with E-state index in [0.29, 0.717) is 12.4 Å². The van der Waals surface area contributed by atoms with Crippen LogP contribution in [0.1, 0.15) is 43.9 Å². The lowest BCUT2D eigenvalue weighted by molar-refractivity contribution is -0.118. The number of hydrogen-bond donors (Lipinski definition) is 1. The average molecular weight is 309 g/mol. The quantitative estimate of drug-likeness (QED) is 0.876. The molecule has 1 atom stereocenters. The molecule has 1 aromatic heterocycles. The molecule has 2 aromatic rings. The second-order valence-corrected chi connectivity index (χ2v) is 7.22. The van der Waals surface area contributed by atoms with Crippen molar-refractivity contribution in [2.45, 2.75) is 39.7 Å². The summed E-state index contributed by atoms with van der Waals surface area (Å²) in [6.45, 7) is 6.29. The van der Waals surface area contributed by atoms with Gasteiger partial charge >= 0.3 is 0 Å². The van der Waals surface area contributed by atoms with Crippen LogP contribution >= 0.6 is 0 Å². The summed E-state index contributed by atoms with van der Waals surface area (Å²) in [5.41, 5.74) is 3.93. The van der Waals surface area contributed by atoms with Crippen LogP contribution in [0.2, 0.25) is 0 Å². The zero-order valence-electron chi connectivity index (χ0n) is 13.5. The van der Waals surface area contributed by atoms with Crippen molar-refractivity contribution in [3.05, 3.63) is 46.7 Å². The number of Topliss-reactive ketones (excluding diaryl/α,β-unsaturated/α-hetero) is 1. The molecule has 0 radical (unpaired) electrons. The van der Waals surface area contributed by atoms with Gasteiger partial charge in [-0.15, -0.1) is 0 Å². The predicted molar refractivity (Wildman–Crippen MR) is 85.8 cm³/mol. The van der Waals surface area contributed by atoms with Gasteiger partial charge in [-0.2, -0.15) is 4.68 Å². The molecule has 0 amide bonds. The molecule has 2 aliphatic rings. The van der Waals surface area contributed by atoms with Gasteiger partial charge < -0.3 is 5.32 Å². The molecule has 0 fully saturated rings. The molecule has 23 heavy (non-hydrogen) atoms. The molecule has 0 saturated carbocycles. The second kappa shape index (κ2) is 4.75. The fourth-order valence-corrected chi connectivity index (χ4v) is 3.53. The summed E-state index contributed by atoms with van der Waals surface area (Å²) in [5.74, 6) is 0.773. The van der Waals surface area contributed by atoms with Crippen LogP contribution in [-0.2, 0) is 4.79 Å². The number of tetrazole rings is 1. The number of nitrogens with zero attached hydrogens (tertiary/aromatic N) is 4. The maximum absolute atomic E-state index is 12.8. The van der Waals surface area contributed by atoms with Crippen LogP contribution < -0.4 is 5.32 Å². The van der Waals surface area contributed by atoms with Gasteiger partial charge in [-0.25, -0.2) is 0 Å². The largest absolute Gasteiger partial charge is 0.326 e. The first kappa shape index (κ1) is 14.1. The van der Waals surface area contributed by atoms with E-state index in [4.69, 9.17) is 0 Å². The number of aromatic nitrogens is 4. The third-order valence-electron chi connectivity index (χ3n) is 4.59. The summed E-state index contributed by atoms with van der Waals surface area (Å²) in [5, 5.41) is 15.2. The van der Waals surface area contributed by atoms with E-state index in [1.165, 1.54) is 5.56 Å². The predicted octanol–water partition coefficient (Wildman–Crippen LogP) is 2.64. The van der Waals surface area contributed by atoms with Crippen LogP contribution in [0.4, 0.5) is 5.95 Å². The smallest absolute Gasteiger partial charge is 0.248 e. The number of fused-ring (bicyclic) bond motifs is 1. The molecular formula is C17H19N5O. The van der Waals surface area contributed by atoms with Crippen LogP contribution in [0, 0.1) is 12.3 Å². The van der Waals surface area contributed by atoms with Crippen LogP contribution in [0.3, 0.4) is 0 Å². The number of ketones is 1. The SMILES string of the molecule is Cc1ccc(C2C3=C(CC(C)(C)CC3=O)Nc3nnnn32)cc1. The third-order valence-corrected chi connectivity index (χ3v) is 4.59. The summed E-state index contributed by atoms with van der Waals surface area (Å²) < 4.78 is 1.71. The van der Waals surface area contributed by atoms with Crippen molar-refractivity contribution in [3.63, 3.8) is 0 Å². The Morgan fingerprint density at radius 2 is 1.96 bits per heavy atom. The molecule has 1 unspecified atom stereocenters. The molecule has 118 valence electrons. The second-order valence-electron chi connectivity index (χ2n) is 7.22. The van der Waals surface area contributed by atoms with Crippen molar-refractivity contribution in [3.8, 4) is 0 Å². The van der Waals surface area contributed by atoms with E-state index in [1.807, 2.05) is 6.92 Å². The van der Waals surface area contributed by atoms with Gasteiger partial charge in [0.1, 0.15) is 6.04 Å². The van der Waals surface area contributed by atoms with Crippen LogP contribution in [-0.4, -0.2) is 26.0 Å². The lowest BCUT2D eigenvalue weighted by atomic mass is 9.73. The third kappa shape index (κ3) is 2.25. The zero-order valence-corrected chi connectivity index (χ0v) is 13.5. The molecule has 0 saturated heterocycles. The molecular weight excluding hydrogens is 290 g/mol. The Hall–Kier alpha value is -2.50. The molecule has 0 bridgehead atoms. The Balaban J connectivity index is 1.89. The number of carbonyl (C=O) groups excluding carboxylic acids is 1. The van der Waals surface area contributed by atoms with E-state index in [1.54, 1.807) is 4.68 Å². The first-order valence-electron chi connectivity index (χ1n) is 7.82. The van der Waals surface area contributed by atoms with E-state index >= 15 is 0 Å². The van der Waals surface area contributed by atoms with Gasteiger partial charge in [-0.1, -0.05) is 48.8 Å². The number of nitrogens with one attached hydrogen (secondary N) is 1. The van der Waals surface area contributed by atoms with Gasteiger partial charge in [0.05, 0.1) is 0 Å². The first-order valence-corrected chi connectivity index (χ1v) is 7.82. The molecule has 4 rings (SSSR count). The summed E-state index contributed by atoms with van der Waals surface area (Å²) >= 11 is 0.